The highest BCUT2D eigenvalue weighted by molar-refractivity contribution is 6.62. The zero-order valence-corrected chi connectivity index (χ0v) is 17.0. The third kappa shape index (κ3) is 3.46. The molecule has 2 aliphatic rings. The molecule has 2 fully saturated rings. The summed E-state index contributed by atoms with van der Waals surface area (Å²) in [4.78, 5) is 8.11. The lowest BCUT2D eigenvalue weighted by atomic mass is 9.79. The highest BCUT2D eigenvalue weighted by Crippen LogP contribution is 2.36. The van der Waals surface area contributed by atoms with Crippen LogP contribution in [0.15, 0.2) is 30.5 Å². The molecule has 2 aliphatic heterocycles. The predicted octanol–water partition coefficient (Wildman–Crippen LogP) is 3.44. The van der Waals surface area contributed by atoms with E-state index in [4.69, 9.17) is 9.31 Å². The van der Waals surface area contributed by atoms with Crippen LogP contribution in [-0.4, -0.2) is 34.8 Å². The summed E-state index contributed by atoms with van der Waals surface area (Å²) < 4.78 is 12.3. The quantitative estimate of drug-likeness (QED) is 0.813. The predicted molar refractivity (Wildman–Crippen MR) is 109 cm³/mol. The van der Waals surface area contributed by atoms with Gasteiger partial charge in [0.05, 0.1) is 29.1 Å². The fraction of sp³-hybridized carbons (Fsp3) is 0.571. The molecule has 6 heteroatoms. The minimum atomic E-state index is -0.324. The fourth-order valence-corrected chi connectivity index (χ4v) is 3.79. The van der Waals surface area contributed by atoms with Crippen molar-refractivity contribution >= 4 is 12.6 Å². The lowest BCUT2D eigenvalue weighted by molar-refractivity contribution is 0.00578. The van der Waals surface area contributed by atoms with Crippen LogP contribution in [0.5, 0.6) is 0 Å². The molecule has 2 unspecified atom stereocenters. The van der Waals surface area contributed by atoms with Gasteiger partial charge in [0.1, 0.15) is 5.82 Å². The Kier molecular flexibility index (Phi) is 4.69. The Balaban J connectivity index is 1.47. The first-order valence-corrected chi connectivity index (χ1v) is 10.0. The zero-order chi connectivity index (χ0) is 19.2. The van der Waals surface area contributed by atoms with Gasteiger partial charge in [-0.3, -0.25) is 0 Å². The standard InChI is InChI=1S/C21H30BN3O2/c1-6-14-11-17(23-12-14)19-24-13-18(25-19)15-7-9-16(10-8-15)22-26-20(2,3)21(4,5)27-22/h7-10,13-14,17,23H,6,11-12H2,1-5H3,(H,24,25). The molecule has 2 atom stereocenters. The van der Waals surface area contributed by atoms with E-state index in [0.717, 1.165) is 41.4 Å². The zero-order valence-electron chi connectivity index (χ0n) is 17.0. The van der Waals surface area contributed by atoms with E-state index in [1.165, 1.54) is 6.42 Å². The van der Waals surface area contributed by atoms with Gasteiger partial charge >= 0.3 is 7.12 Å². The van der Waals surface area contributed by atoms with Crippen LogP contribution in [0.25, 0.3) is 11.3 Å². The lowest BCUT2D eigenvalue weighted by Crippen LogP contribution is -2.41. The number of nitrogens with zero attached hydrogens (tertiary/aromatic N) is 1. The van der Waals surface area contributed by atoms with Gasteiger partial charge in [-0.1, -0.05) is 37.6 Å². The van der Waals surface area contributed by atoms with E-state index in [0.29, 0.717) is 6.04 Å². The summed E-state index contributed by atoms with van der Waals surface area (Å²) >= 11 is 0. The normalized spacial score (nSPS) is 26.6. The monoisotopic (exact) mass is 367 g/mol. The number of H-pyrrole nitrogens is 1. The van der Waals surface area contributed by atoms with Crippen molar-refractivity contribution < 1.29 is 9.31 Å². The first kappa shape index (κ1) is 18.7. The minimum Gasteiger partial charge on any atom is -0.399 e. The Labute approximate surface area is 162 Å². The summed E-state index contributed by atoms with van der Waals surface area (Å²) in [5.74, 6) is 1.79. The van der Waals surface area contributed by atoms with Crippen molar-refractivity contribution in [1.82, 2.24) is 15.3 Å². The molecule has 0 amide bonds. The lowest BCUT2D eigenvalue weighted by Gasteiger charge is -2.32. The summed E-state index contributed by atoms with van der Waals surface area (Å²) in [6, 6.07) is 8.72. The average molecular weight is 367 g/mol. The van der Waals surface area contributed by atoms with Crippen molar-refractivity contribution in [3.8, 4) is 11.3 Å². The summed E-state index contributed by atoms with van der Waals surface area (Å²) in [5.41, 5.74) is 2.57. The molecule has 4 rings (SSSR count). The van der Waals surface area contributed by atoms with Gasteiger partial charge in [-0.25, -0.2) is 4.98 Å². The van der Waals surface area contributed by atoms with Gasteiger partial charge in [0.2, 0.25) is 0 Å². The highest BCUT2D eigenvalue weighted by Gasteiger charge is 2.51. The fourth-order valence-electron chi connectivity index (χ4n) is 3.79. The maximum atomic E-state index is 6.14. The van der Waals surface area contributed by atoms with E-state index in [-0.39, 0.29) is 18.3 Å². The first-order chi connectivity index (χ1) is 12.8. The second-order valence-corrected chi connectivity index (χ2v) is 8.86. The number of aromatic amines is 1. The molecule has 1 aromatic heterocycles. The molecule has 3 heterocycles. The number of hydrogen-bond acceptors (Lipinski definition) is 4. The van der Waals surface area contributed by atoms with Crippen molar-refractivity contribution in [2.75, 3.05) is 6.54 Å². The van der Waals surface area contributed by atoms with Gasteiger partial charge in [-0.15, -0.1) is 0 Å². The SMILES string of the molecule is CCC1CNC(c2ncc(-c3ccc(B4OC(C)(C)C(C)(C)O4)cc3)[nH]2)C1. The molecule has 2 N–H and O–H groups in total. The molecular weight excluding hydrogens is 337 g/mol. The van der Waals surface area contributed by atoms with Crippen molar-refractivity contribution in [1.29, 1.82) is 0 Å². The van der Waals surface area contributed by atoms with Crippen LogP contribution in [-0.2, 0) is 9.31 Å². The smallest absolute Gasteiger partial charge is 0.399 e. The second kappa shape index (κ2) is 6.76. The molecule has 0 spiro atoms. The van der Waals surface area contributed by atoms with Crippen LogP contribution in [0.1, 0.15) is 59.3 Å². The Hall–Kier alpha value is -1.63. The van der Waals surface area contributed by atoms with E-state index in [2.05, 4.69) is 74.2 Å². The van der Waals surface area contributed by atoms with Gasteiger partial charge in [0.15, 0.2) is 0 Å². The van der Waals surface area contributed by atoms with Crippen LogP contribution < -0.4 is 10.8 Å². The van der Waals surface area contributed by atoms with Crippen LogP contribution in [0.3, 0.4) is 0 Å². The van der Waals surface area contributed by atoms with Crippen molar-refractivity contribution in [3.63, 3.8) is 0 Å². The molecular formula is C21H30BN3O2. The largest absolute Gasteiger partial charge is 0.494 e. The van der Waals surface area contributed by atoms with E-state index < -0.39 is 0 Å². The van der Waals surface area contributed by atoms with Crippen LogP contribution in [0, 0.1) is 5.92 Å². The van der Waals surface area contributed by atoms with Gasteiger partial charge in [0.25, 0.3) is 0 Å². The van der Waals surface area contributed by atoms with Gasteiger partial charge < -0.3 is 19.6 Å². The van der Waals surface area contributed by atoms with Crippen LogP contribution in [0.2, 0.25) is 0 Å². The third-order valence-electron chi connectivity index (χ3n) is 6.47. The molecule has 5 nitrogen and oxygen atoms in total. The molecule has 144 valence electrons. The number of benzene rings is 1. The number of imidazole rings is 1. The first-order valence-electron chi connectivity index (χ1n) is 10.0. The minimum absolute atomic E-state index is 0.320. The summed E-state index contributed by atoms with van der Waals surface area (Å²) in [6.07, 6.45) is 4.31. The Bertz CT molecular complexity index is 784. The highest BCUT2D eigenvalue weighted by atomic mass is 16.7. The third-order valence-corrected chi connectivity index (χ3v) is 6.47. The molecule has 0 aliphatic carbocycles. The molecule has 1 aromatic carbocycles. The van der Waals surface area contributed by atoms with Gasteiger partial charge in [0, 0.05) is 0 Å². The Morgan fingerprint density at radius 3 is 2.37 bits per heavy atom. The maximum absolute atomic E-state index is 6.14. The Morgan fingerprint density at radius 2 is 1.78 bits per heavy atom. The number of rotatable bonds is 4. The topological polar surface area (TPSA) is 59.2 Å². The average Bonchev–Trinajstić information content (AvgIpc) is 3.33. The molecule has 2 aromatic rings. The van der Waals surface area contributed by atoms with E-state index in [9.17, 15) is 0 Å². The Morgan fingerprint density at radius 1 is 1.11 bits per heavy atom. The molecule has 0 saturated carbocycles. The summed E-state index contributed by atoms with van der Waals surface area (Å²) in [6.45, 7) is 11.6. The number of nitrogens with one attached hydrogen (secondary N) is 2. The molecule has 0 radical (unpaired) electrons. The molecule has 2 saturated heterocycles. The van der Waals surface area contributed by atoms with E-state index >= 15 is 0 Å². The molecule has 27 heavy (non-hydrogen) atoms. The van der Waals surface area contributed by atoms with E-state index in [1.54, 1.807) is 0 Å². The summed E-state index contributed by atoms with van der Waals surface area (Å²) in [5, 5.41) is 3.57. The van der Waals surface area contributed by atoms with Crippen LogP contribution >= 0.6 is 0 Å². The maximum Gasteiger partial charge on any atom is 0.494 e. The van der Waals surface area contributed by atoms with Gasteiger partial charge in [-0.2, -0.15) is 0 Å². The van der Waals surface area contributed by atoms with E-state index in [1.807, 2.05) is 6.20 Å². The van der Waals surface area contributed by atoms with Gasteiger partial charge in [-0.05, 0) is 57.6 Å². The number of hydrogen-bond donors (Lipinski definition) is 2. The van der Waals surface area contributed by atoms with Crippen molar-refractivity contribution in [3.05, 3.63) is 36.3 Å². The number of aromatic nitrogens is 2. The van der Waals surface area contributed by atoms with Crippen molar-refractivity contribution in [2.24, 2.45) is 5.92 Å². The second-order valence-electron chi connectivity index (χ2n) is 8.86. The molecule has 0 bridgehead atoms. The van der Waals surface area contributed by atoms with Crippen molar-refractivity contribution in [2.45, 2.75) is 64.7 Å². The van der Waals surface area contributed by atoms with Crippen LogP contribution in [0.4, 0.5) is 0 Å². The summed E-state index contributed by atoms with van der Waals surface area (Å²) in [7, 11) is -0.324.